The summed E-state index contributed by atoms with van der Waals surface area (Å²) in [5, 5.41) is 5.55. The van der Waals surface area contributed by atoms with Gasteiger partial charge in [0.1, 0.15) is 5.75 Å². The van der Waals surface area contributed by atoms with Crippen molar-refractivity contribution in [3.05, 3.63) is 30.3 Å². The second kappa shape index (κ2) is 10.9. The van der Waals surface area contributed by atoms with Crippen LogP contribution in [-0.2, 0) is 9.59 Å². The van der Waals surface area contributed by atoms with Crippen molar-refractivity contribution in [1.82, 2.24) is 20.4 Å². The standard InChI is InChI=1S/C20H32N4O3/c1-16(2)18(24-11-9-23(3)10-12-24)13-21-19(25)14-22-20(26)15-27-17-7-5-4-6-8-17/h4-8,16,18H,9-15H2,1-3H3,(H,21,25)(H,22,26). The third-order valence-electron chi connectivity index (χ3n) is 4.84. The molecule has 7 heteroatoms. The molecule has 0 radical (unpaired) electrons. The number of benzene rings is 1. The Kier molecular flexibility index (Phi) is 8.54. The van der Waals surface area contributed by atoms with E-state index in [0.29, 0.717) is 24.3 Å². The summed E-state index contributed by atoms with van der Waals surface area (Å²) in [5.41, 5.74) is 0. The summed E-state index contributed by atoms with van der Waals surface area (Å²) in [6.45, 7) is 8.94. The summed E-state index contributed by atoms with van der Waals surface area (Å²) < 4.78 is 5.36. The minimum absolute atomic E-state index is 0.0372. The Morgan fingerprint density at radius 2 is 1.70 bits per heavy atom. The lowest BCUT2D eigenvalue weighted by molar-refractivity contribution is -0.127. The van der Waals surface area contributed by atoms with E-state index in [1.807, 2.05) is 18.2 Å². The average Bonchev–Trinajstić information content (AvgIpc) is 2.67. The molecule has 1 fully saturated rings. The van der Waals surface area contributed by atoms with Gasteiger partial charge < -0.3 is 20.3 Å². The molecule has 1 atom stereocenters. The first-order valence-electron chi connectivity index (χ1n) is 9.59. The molecule has 1 saturated heterocycles. The molecule has 2 rings (SSSR count). The number of carbonyl (C=O) groups excluding carboxylic acids is 2. The van der Waals surface area contributed by atoms with E-state index < -0.39 is 0 Å². The fourth-order valence-electron chi connectivity index (χ4n) is 3.12. The molecule has 27 heavy (non-hydrogen) atoms. The van der Waals surface area contributed by atoms with E-state index in [2.05, 4.69) is 41.3 Å². The van der Waals surface area contributed by atoms with Gasteiger partial charge in [0.05, 0.1) is 6.54 Å². The van der Waals surface area contributed by atoms with Crippen LogP contribution in [0.1, 0.15) is 13.8 Å². The van der Waals surface area contributed by atoms with E-state index in [-0.39, 0.29) is 25.0 Å². The fraction of sp³-hybridized carbons (Fsp3) is 0.600. The van der Waals surface area contributed by atoms with Gasteiger partial charge in [-0.3, -0.25) is 14.5 Å². The number of likely N-dealkylation sites (N-methyl/N-ethyl adjacent to an activating group) is 1. The summed E-state index contributed by atoms with van der Waals surface area (Å²) >= 11 is 0. The molecule has 1 aliphatic heterocycles. The van der Waals surface area contributed by atoms with Crippen molar-refractivity contribution >= 4 is 11.8 Å². The van der Waals surface area contributed by atoms with E-state index in [4.69, 9.17) is 4.74 Å². The zero-order valence-corrected chi connectivity index (χ0v) is 16.6. The van der Waals surface area contributed by atoms with E-state index in [0.717, 1.165) is 26.2 Å². The highest BCUT2D eigenvalue weighted by atomic mass is 16.5. The van der Waals surface area contributed by atoms with Gasteiger partial charge in [-0.15, -0.1) is 0 Å². The van der Waals surface area contributed by atoms with Crippen molar-refractivity contribution in [3.63, 3.8) is 0 Å². The Bertz CT molecular complexity index is 586. The third kappa shape index (κ3) is 7.56. The number of nitrogens with zero attached hydrogens (tertiary/aromatic N) is 2. The Morgan fingerprint density at radius 3 is 2.33 bits per heavy atom. The smallest absolute Gasteiger partial charge is 0.258 e. The molecular formula is C20H32N4O3. The number of carbonyl (C=O) groups is 2. The number of para-hydroxylation sites is 1. The number of hydrogen-bond donors (Lipinski definition) is 2. The zero-order chi connectivity index (χ0) is 19.6. The number of ether oxygens (including phenoxy) is 1. The van der Waals surface area contributed by atoms with Crippen LogP contribution in [0.3, 0.4) is 0 Å². The second-order valence-corrected chi connectivity index (χ2v) is 7.33. The number of hydrogen-bond acceptors (Lipinski definition) is 5. The molecule has 1 aliphatic rings. The second-order valence-electron chi connectivity index (χ2n) is 7.33. The van der Waals surface area contributed by atoms with Crippen LogP contribution in [0.15, 0.2) is 30.3 Å². The largest absolute Gasteiger partial charge is 0.484 e. The molecule has 2 amide bonds. The lowest BCUT2D eigenvalue weighted by Gasteiger charge is -2.39. The summed E-state index contributed by atoms with van der Waals surface area (Å²) in [4.78, 5) is 28.7. The maximum Gasteiger partial charge on any atom is 0.258 e. The minimum atomic E-state index is -0.312. The fourth-order valence-corrected chi connectivity index (χ4v) is 3.12. The molecule has 0 aliphatic carbocycles. The maximum absolute atomic E-state index is 12.1. The Morgan fingerprint density at radius 1 is 1.04 bits per heavy atom. The van der Waals surface area contributed by atoms with Gasteiger partial charge >= 0.3 is 0 Å². The van der Waals surface area contributed by atoms with Crippen molar-refractivity contribution in [2.45, 2.75) is 19.9 Å². The van der Waals surface area contributed by atoms with Gasteiger partial charge in [-0.25, -0.2) is 0 Å². The lowest BCUT2D eigenvalue weighted by atomic mass is 10.0. The van der Waals surface area contributed by atoms with Gasteiger partial charge in [-0.05, 0) is 25.1 Å². The van der Waals surface area contributed by atoms with Crippen molar-refractivity contribution in [2.75, 3.05) is 52.9 Å². The molecule has 0 saturated carbocycles. The van der Waals surface area contributed by atoms with E-state index in [1.54, 1.807) is 12.1 Å². The first-order chi connectivity index (χ1) is 13.0. The molecule has 1 aromatic rings. The first kappa shape index (κ1) is 21.2. The van der Waals surface area contributed by atoms with Crippen LogP contribution in [0.4, 0.5) is 0 Å². The van der Waals surface area contributed by atoms with Crippen LogP contribution < -0.4 is 15.4 Å². The molecule has 2 N–H and O–H groups in total. The lowest BCUT2D eigenvalue weighted by Crippen LogP contribution is -2.54. The number of rotatable bonds is 9. The van der Waals surface area contributed by atoms with Gasteiger partial charge in [0.25, 0.3) is 5.91 Å². The van der Waals surface area contributed by atoms with Gasteiger partial charge in [-0.2, -0.15) is 0 Å². The van der Waals surface area contributed by atoms with Gasteiger partial charge in [0.2, 0.25) is 5.91 Å². The van der Waals surface area contributed by atoms with E-state index in [1.165, 1.54) is 0 Å². The van der Waals surface area contributed by atoms with Crippen LogP contribution >= 0.6 is 0 Å². The Balaban J connectivity index is 1.67. The highest BCUT2D eigenvalue weighted by molar-refractivity contribution is 5.85. The maximum atomic E-state index is 12.1. The molecule has 1 aromatic carbocycles. The highest BCUT2D eigenvalue weighted by Gasteiger charge is 2.25. The monoisotopic (exact) mass is 376 g/mol. The van der Waals surface area contributed by atoms with Crippen LogP contribution in [0.25, 0.3) is 0 Å². The van der Waals surface area contributed by atoms with Crippen molar-refractivity contribution < 1.29 is 14.3 Å². The predicted molar refractivity (Wildman–Crippen MR) is 106 cm³/mol. The Labute approximate surface area is 162 Å². The molecule has 1 unspecified atom stereocenters. The summed E-state index contributed by atoms with van der Waals surface area (Å²) in [6.07, 6.45) is 0. The minimum Gasteiger partial charge on any atom is -0.484 e. The number of nitrogens with one attached hydrogen (secondary N) is 2. The molecule has 0 spiro atoms. The molecule has 0 aromatic heterocycles. The summed E-state index contributed by atoms with van der Waals surface area (Å²) in [6, 6.07) is 9.43. The average molecular weight is 377 g/mol. The van der Waals surface area contributed by atoms with Crippen LogP contribution in [0.5, 0.6) is 5.75 Å². The molecule has 150 valence electrons. The van der Waals surface area contributed by atoms with Crippen LogP contribution in [0, 0.1) is 5.92 Å². The SMILES string of the molecule is CC(C)C(CNC(=O)CNC(=O)COc1ccccc1)N1CCN(C)CC1. The van der Waals surface area contributed by atoms with Crippen molar-refractivity contribution in [2.24, 2.45) is 5.92 Å². The highest BCUT2D eigenvalue weighted by Crippen LogP contribution is 2.12. The van der Waals surface area contributed by atoms with Crippen molar-refractivity contribution in [3.8, 4) is 5.75 Å². The predicted octanol–water partition coefficient (Wildman–Crippen LogP) is 0.570. The molecular weight excluding hydrogens is 344 g/mol. The summed E-state index contributed by atoms with van der Waals surface area (Å²) in [7, 11) is 2.13. The van der Waals surface area contributed by atoms with Gasteiger partial charge in [-0.1, -0.05) is 32.0 Å². The molecule has 1 heterocycles. The zero-order valence-electron chi connectivity index (χ0n) is 16.6. The Hall–Kier alpha value is -2.12. The van der Waals surface area contributed by atoms with Crippen LogP contribution in [0.2, 0.25) is 0 Å². The molecule has 0 bridgehead atoms. The first-order valence-corrected chi connectivity index (χ1v) is 9.59. The molecule has 7 nitrogen and oxygen atoms in total. The number of piperazine rings is 1. The topological polar surface area (TPSA) is 73.9 Å². The van der Waals surface area contributed by atoms with E-state index >= 15 is 0 Å². The quantitative estimate of drug-likeness (QED) is 0.659. The van der Waals surface area contributed by atoms with Crippen LogP contribution in [-0.4, -0.2) is 80.6 Å². The van der Waals surface area contributed by atoms with Gasteiger partial charge in [0.15, 0.2) is 6.61 Å². The number of amides is 2. The third-order valence-corrected chi connectivity index (χ3v) is 4.84. The normalized spacial score (nSPS) is 16.7. The van der Waals surface area contributed by atoms with E-state index in [9.17, 15) is 9.59 Å². The summed E-state index contributed by atoms with van der Waals surface area (Å²) in [5.74, 6) is 0.586. The van der Waals surface area contributed by atoms with Crippen molar-refractivity contribution in [1.29, 1.82) is 0 Å². The van der Waals surface area contributed by atoms with Gasteiger partial charge in [0, 0.05) is 38.8 Å².